The van der Waals surface area contributed by atoms with Crippen molar-refractivity contribution in [1.82, 2.24) is 34.9 Å². The van der Waals surface area contributed by atoms with Crippen LogP contribution in [0.25, 0.3) is 123 Å². The highest BCUT2D eigenvalue weighted by molar-refractivity contribution is 6.26. The largest absolute Gasteiger partial charge is 0.264 e. The maximum atomic E-state index is 5.35. The Morgan fingerprint density at radius 2 is 0.625 bits per heavy atom. The van der Waals surface area contributed by atoms with Gasteiger partial charge in [-0.15, -0.1) is 0 Å². The molecule has 0 amide bonds. The van der Waals surface area contributed by atoms with Crippen molar-refractivity contribution < 1.29 is 0 Å². The summed E-state index contributed by atoms with van der Waals surface area (Å²) < 4.78 is 0. The maximum absolute atomic E-state index is 5.35. The van der Waals surface area contributed by atoms with E-state index in [2.05, 4.69) is 77.8 Å². The molecule has 7 heteroatoms. The third kappa shape index (κ3) is 6.51. The summed E-state index contributed by atoms with van der Waals surface area (Å²) in [5.41, 5.74) is 7.48. The first kappa shape index (κ1) is 37.0. The van der Waals surface area contributed by atoms with Gasteiger partial charge in [-0.25, -0.2) is 29.9 Å². The van der Waals surface area contributed by atoms with Crippen LogP contribution >= 0.6 is 0 Å². The van der Waals surface area contributed by atoms with E-state index in [1.165, 1.54) is 0 Å². The zero-order valence-electron chi connectivity index (χ0n) is 34.3. The second-order valence-corrected chi connectivity index (χ2v) is 15.7. The minimum atomic E-state index is 0.564. The Morgan fingerprint density at radius 1 is 0.250 bits per heavy atom. The van der Waals surface area contributed by atoms with E-state index in [1.54, 1.807) is 0 Å². The van der Waals surface area contributed by atoms with E-state index >= 15 is 0 Å². The molecule has 3 heterocycles. The van der Waals surface area contributed by atoms with Crippen LogP contribution in [0, 0.1) is 0 Å². The zero-order chi connectivity index (χ0) is 42.4. The first-order valence-electron chi connectivity index (χ1n) is 21.2. The van der Waals surface area contributed by atoms with Gasteiger partial charge in [0.1, 0.15) is 0 Å². The lowest BCUT2D eigenvalue weighted by molar-refractivity contribution is 1.08. The predicted octanol–water partition coefficient (Wildman–Crippen LogP) is 13.7. The van der Waals surface area contributed by atoms with Crippen molar-refractivity contribution in [1.29, 1.82) is 0 Å². The third-order valence-corrected chi connectivity index (χ3v) is 11.8. The molecule has 0 N–H and O–H groups in total. The van der Waals surface area contributed by atoms with Crippen molar-refractivity contribution in [2.24, 2.45) is 0 Å². The molecule has 0 atom stereocenters. The number of hydrogen-bond acceptors (Lipinski definition) is 7. The molecular weight excluding hydrogens is 783 g/mol. The van der Waals surface area contributed by atoms with Crippen LogP contribution in [0.1, 0.15) is 0 Å². The van der Waals surface area contributed by atoms with Gasteiger partial charge in [0.2, 0.25) is 0 Å². The second kappa shape index (κ2) is 15.6. The Morgan fingerprint density at radius 3 is 1.06 bits per heavy atom. The Bertz CT molecular complexity index is 3580. The number of hydrogen-bond donors (Lipinski definition) is 0. The Balaban J connectivity index is 1.27. The summed E-state index contributed by atoms with van der Waals surface area (Å²) in [5, 5.41) is 8.27. The van der Waals surface area contributed by atoms with Crippen molar-refractivity contribution in [3.05, 3.63) is 213 Å². The molecule has 64 heavy (non-hydrogen) atoms. The lowest BCUT2D eigenvalue weighted by Gasteiger charge is -2.19. The number of fused-ring (bicyclic) bond motifs is 5. The standard InChI is InChI=1S/C57H35N7/c1-5-18-36(19-6-1)52-59-53(37-20-7-2-8-21-37)62-56(61-52)50-43-29-15-16-30-44(43)51(57-63-54(38-22-9-3-10-23-38)60-55(64-57)39-24-11-4-12-25-39)49-34-47-45(41-27-17-31-58-35-41)32-40-26-13-14-28-42(40)46(47)33-48(49)50/h1-35H. The lowest BCUT2D eigenvalue weighted by Crippen LogP contribution is -2.03. The van der Waals surface area contributed by atoms with Crippen LogP contribution < -0.4 is 0 Å². The molecule has 0 aliphatic heterocycles. The van der Waals surface area contributed by atoms with E-state index in [0.29, 0.717) is 34.9 Å². The highest BCUT2D eigenvalue weighted by Crippen LogP contribution is 2.47. The molecule has 0 fully saturated rings. The molecule has 3 aromatic heterocycles. The van der Waals surface area contributed by atoms with Gasteiger partial charge >= 0.3 is 0 Å². The van der Waals surface area contributed by atoms with Crippen LogP contribution in [0.3, 0.4) is 0 Å². The van der Waals surface area contributed by atoms with E-state index in [1.807, 2.05) is 140 Å². The molecule has 0 saturated carbocycles. The van der Waals surface area contributed by atoms with Gasteiger partial charge in [-0.05, 0) is 72.9 Å². The highest BCUT2D eigenvalue weighted by Gasteiger charge is 2.25. The van der Waals surface area contributed by atoms with Crippen LogP contribution in [0.5, 0.6) is 0 Å². The fourth-order valence-corrected chi connectivity index (χ4v) is 8.85. The highest BCUT2D eigenvalue weighted by atomic mass is 15.0. The third-order valence-electron chi connectivity index (χ3n) is 11.8. The number of rotatable bonds is 7. The molecule has 7 nitrogen and oxygen atoms in total. The SMILES string of the molecule is c1ccc(-c2nc(-c3ccccc3)nc(-c3c4ccccc4c(-c4nc(-c5ccccc5)nc(-c5ccccc5)n4)c4cc5c(cc34)c(-c3cccnc3)cc3ccccc35)n2)cc1. The Hall–Kier alpha value is -8.81. The number of benzene rings is 9. The topological polar surface area (TPSA) is 90.2 Å². The fraction of sp³-hybridized carbons (Fsp3) is 0. The van der Waals surface area contributed by atoms with Crippen molar-refractivity contribution in [3.8, 4) is 79.5 Å². The maximum Gasteiger partial charge on any atom is 0.165 e. The summed E-state index contributed by atoms with van der Waals surface area (Å²) in [5.74, 6) is 3.49. The number of nitrogens with zero attached hydrogens (tertiary/aromatic N) is 7. The molecule has 12 rings (SSSR count). The van der Waals surface area contributed by atoms with Gasteiger partial charge in [0, 0.05) is 51.3 Å². The molecule has 0 radical (unpaired) electrons. The minimum Gasteiger partial charge on any atom is -0.264 e. The second-order valence-electron chi connectivity index (χ2n) is 15.7. The first-order valence-corrected chi connectivity index (χ1v) is 21.2. The van der Waals surface area contributed by atoms with Gasteiger partial charge < -0.3 is 0 Å². The normalized spacial score (nSPS) is 11.4. The van der Waals surface area contributed by atoms with Crippen molar-refractivity contribution in [3.63, 3.8) is 0 Å². The van der Waals surface area contributed by atoms with Crippen LogP contribution in [0.2, 0.25) is 0 Å². The van der Waals surface area contributed by atoms with Crippen LogP contribution in [0.15, 0.2) is 213 Å². The molecular formula is C57H35N7. The number of aromatic nitrogens is 7. The summed E-state index contributed by atoms with van der Waals surface area (Å²) >= 11 is 0. The van der Waals surface area contributed by atoms with Gasteiger partial charge in [0.25, 0.3) is 0 Å². The van der Waals surface area contributed by atoms with Crippen LogP contribution in [-0.2, 0) is 0 Å². The van der Waals surface area contributed by atoms with Gasteiger partial charge in [0.05, 0.1) is 0 Å². The average molecular weight is 818 g/mol. The molecule has 0 saturated heterocycles. The van der Waals surface area contributed by atoms with E-state index in [0.717, 1.165) is 87.6 Å². The monoisotopic (exact) mass is 817 g/mol. The number of pyridine rings is 1. The summed E-state index contributed by atoms with van der Waals surface area (Å²) in [7, 11) is 0. The molecule has 0 spiro atoms. The van der Waals surface area contributed by atoms with E-state index in [-0.39, 0.29) is 0 Å². The van der Waals surface area contributed by atoms with Gasteiger partial charge in [-0.3, -0.25) is 4.98 Å². The van der Waals surface area contributed by atoms with Gasteiger partial charge in [0.15, 0.2) is 34.9 Å². The summed E-state index contributed by atoms with van der Waals surface area (Å²) in [6.45, 7) is 0. The summed E-state index contributed by atoms with van der Waals surface area (Å²) in [6, 6.07) is 68.6. The van der Waals surface area contributed by atoms with E-state index in [4.69, 9.17) is 29.9 Å². The van der Waals surface area contributed by atoms with Crippen molar-refractivity contribution in [2.75, 3.05) is 0 Å². The molecule has 12 aromatic rings. The average Bonchev–Trinajstić information content (AvgIpc) is 3.38. The quantitative estimate of drug-likeness (QED) is 0.117. The molecule has 0 unspecified atom stereocenters. The summed E-state index contributed by atoms with van der Waals surface area (Å²) in [6.07, 6.45) is 3.75. The Kier molecular flexibility index (Phi) is 9.01. The van der Waals surface area contributed by atoms with Crippen molar-refractivity contribution >= 4 is 43.1 Å². The molecule has 0 bridgehead atoms. The molecule has 0 aliphatic rings. The molecule has 0 aliphatic carbocycles. The van der Waals surface area contributed by atoms with E-state index in [9.17, 15) is 0 Å². The minimum absolute atomic E-state index is 0.564. The summed E-state index contributed by atoms with van der Waals surface area (Å²) in [4.78, 5) is 36.1. The van der Waals surface area contributed by atoms with Crippen LogP contribution in [-0.4, -0.2) is 34.9 Å². The fourth-order valence-electron chi connectivity index (χ4n) is 8.85. The molecule has 9 aromatic carbocycles. The molecule has 298 valence electrons. The lowest BCUT2D eigenvalue weighted by atomic mass is 9.86. The van der Waals surface area contributed by atoms with Crippen LogP contribution in [0.4, 0.5) is 0 Å². The van der Waals surface area contributed by atoms with Gasteiger partial charge in [-0.2, -0.15) is 0 Å². The predicted molar refractivity (Wildman–Crippen MR) is 259 cm³/mol. The van der Waals surface area contributed by atoms with E-state index < -0.39 is 0 Å². The zero-order valence-corrected chi connectivity index (χ0v) is 34.3. The first-order chi connectivity index (χ1) is 31.7. The smallest absolute Gasteiger partial charge is 0.165 e. The Labute approximate surface area is 368 Å². The van der Waals surface area contributed by atoms with Gasteiger partial charge in [-0.1, -0.05) is 176 Å². The van der Waals surface area contributed by atoms with Crippen molar-refractivity contribution in [2.45, 2.75) is 0 Å².